The Labute approximate surface area is 397 Å². The zero-order valence-corrected chi connectivity index (χ0v) is 38.2. The molecule has 0 saturated carbocycles. The van der Waals surface area contributed by atoms with Crippen molar-refractivity contribution in [2.75, 3.05) is 0 Å². The third kappa shape index (κ3) is 5.39. The van der Waals surface area contributed by atoms with Gasteiger partial charge in [-0.15, -0.1) is 11.3 Å². The van der Waals surface area contributed by atoms with E-state index < -0.39 is 0 Å². The number of fused-ring (bicyclic) bond motifs is 11. The van der Waals surface area contributed by atoms with E-state index in [1.807, 2.05) is 11.3 Å². The summed E-state index contributed by atoms with van der Waals surface area (Å²) in [6, 6.07) is 78.5. The van der Waals surface area contributed by atoms with Crippen molar-refractivity contribution in [3.63, 3.8) is 0 Å². The van der Waals surface area contributed by atoms with Crippen LogP contribution in [0.3, 0.4) is 0 Å². The van der Waals surface area contributed by atoms with Crippen molar-refractivity contribution in [1.82, 2.24) is 9.13 Å². The summed E-state index contributed by atoms with van der Waals surface area (Å²) in [6.45, 7) is 6.65. The molecule has 68 heavy (non-hydrogen) atoms. The maximum absolute atomic E-state index is 4.44. The van der Waals surface area contributed by atoms with Gasteiger partial charge in [0.15, 0.2) is 0 Å². The van der Waals surface area contributed by atoms with E-state index in [9.17, 15) is 0 Å². The molecule has 0 bridgehead atoms. The maximum atomic E-state index is 4.44. The predicted octanol–water partition coefficient (Wildman–Crippen LogP) is 18.5. The van der Waals surface area contributed by atoms with Crippen molar-refractivity contribution in [2.24, 2.45) is 0 Å². The minimum Gasteiger partial charge on any atom is -0.308 e. The van der Waals surface area contributed by atoms with Gasteiger partial charge in [-0.25, -0.2) is 0 Å². The maximum Gasteiger partial charge on any atom is 0.0619 e. The van der Waals surface area contributed by atoms with Crippen molar-refractivity contribution in [3.05, 3.63) is 241 Å². The zero-order chi connectivity index (χ0) is 45.0. The molecule has 3 heterocycles. The Morgan fingerprint density at radius 2 is 0.735 bits per heavy atom. The first-order valence-corrected chi connectivity index (χ1v) is 24.2. The van der Waals surface area contributed by atoms with Crippen LogP contribution >= 0.6 is 11.3 Å². The highest BCUT2D eigenvalue weighted by atomic mass is 32.1. The molecule has 0 radical (unpaired) electrons. The smallest absolute Gasteiger partial charge is 0.0619 e. The molecule has 0 amide bonds. The fraction of sp³-hybridized carbons (Fsp3) is 0.0154. The number of para-hydroxylation sites is 4. The van der Waals surface area contributed by atoms with E-state index in [1.165, 1.54) is 141 Å². The standard InChI is InChI=1S/C65H42N2S/c1-3-41(62-48-27-7-11-31-52(48)65(53-32-12-8-28-49(53)62)67-57-35-19-15-23-44(57)45-24-16-20-36-58(45)67)63-54-39-40(37-38-60(54)68-59(63)4-2)61-46-25-5-9-29-50(46)64(51-30-10-6-26-47(51)61)66-55-33-17-13-21-42(55)43-22-14-18-34-56(43)66/h3-39H,2H2,1H3/b41-3-. The third-order valence-corrected chi connectivity index (χ3v) is 15.6. The number of benzene rings is 11. The summed E-state index contributed by atoms with van der Waals surface area (Å²) < 4.78 is 6.23. The van der Waals surface area contributed by atoms with Gasteiger partial charge in [0.25, 0.3) is 0 Å². The highest BCUT2D eigenvalue weighted by molar-refractivity contribution is 7.20. The highest BCUT2D eigenvalue weighted by Gasteiger charge is 2.26. The van der Waals surface area contributed by atoms with Crippen LogP contribution in [0, 0.1) is 0 Å². The van der Waals surface area contributed by atoms with E-state index in [-0.39, 0.29) is 0 Å². The molecule has 2 nitrogen and oxygen atoms in total. The van der Waals surface area contributed by atoms with Gasteiger partial charge in [-0.05, 0) is 87.1 Å². The lowest BCUT2D eigenvalue weighted by Gasteiger charge is -2.21. The van der Waals surface area contributed by atoms with E-state index in [4.69, 9.17) is 0 Å². The van der Waals surface area contributed by atoms with Gasteiger partial charge < -0.3 is 9.13 Å². The van der Waals surface area contributed by atoms with Crippen molar-refractivity contribution < 1.29 is 0 Å². The van der Waals surface area contributed by atoms with Crippen LogP contribution in [0.2, 0.25) is 0 Å². The van der Waals surface area contributed by atoms with E-state index in [0.717, 1.165) is 0 Å². The molecule has 0 fully saturated rings. The summed E-state index contributed by atoms with van der Waals surface area (Å²) in [7, 11) is 0. The van der Waals surface area contributed by atoms with E-state index in [0.29, 0.717) is 0 Å². The summed E-state index contributed by atoms with van der Waals surface area (Å²) in [6.07, 6.45) is 4.40. The molecule has 11 aromatic carbocycles. The topological polar surface area (TPSA) is 9.86 Å². The first-order chi connectivity index (χ1) is 33.7. The average molecular weight is 883 g/mol. The summed E-state index contributed by atoms with van der Waals surface area (Å²) >= 11 is 1.82. The summed E-state index contributed by atoms with van der Waals surface area (Å²) in [5, 5.41) is 16.0. The molecule has 14 aromatic rings. The number of rotatable bonds is 6. The van der Waals surface area contributed by atoms with E-state index in [1.54, 1.807) is 0 Å². The van der Waals surface area contributed by atoms with E-state index >= 15 is 0 Å². The molecule has 0 aliphatic carbocycles. The van der Waals surface area contributed by atoms with Gasteiger partial charge in [0.05, 0.1) is 33.4 Å². The van der Waals surface area contributed by atoms with Crippen molar-refractivity contribution >= 4 is 120 Å². The number of hydrogen-bond acceptors (Lipinski definition) is 1. The Morgan fingerprint density at radius 1 is 0.382 bits per heavy atom. The number of thiophene rings is 1. The summed E-state index contributed by atoms with van der Waals surface area (Å²) in [5.74, 6) is 0. The van der Waals surface area contributed by atoms with Crippen LogP contribution in [0.15, 0.2) is 225 Å². The predicted molar refractivity (Wildman–Crippen MR) is 295 cm³/mol. The molecule has 0 atom stereocenters. The van der Waals surface area contributed by atoms with Crippen LogP contribution in [-0.4, -0.2) is 9.13 Å². The van der Waals surface area contributed by atoms with Gasteiger partial charge in [-0.2, -0.15) is 0 Å². The molecule has 0 unspecified atom stereocenters. The second kappa shape index (κ2) is 15.0. The summed E-state index contributed by atoms with van der Waals surface area (Å²) in [4.78, 5) is 1.17. The van der Waals surface area contributed by atoms with Crippen LogP contribution in [0.25, 0.3) is 131 Å². The number of nitrogens with zero attached hydrogens (tertiary/aromatic N) is 2. The SMILES string of the molecule is C=Cc1sc2ccc(-c3c4ccccc4c(-n4c5ccccc5c5ccccc54)c4ccccc34)cc2c1/C(=C\C)c1c2ccccc2c(-n2c3ccccc3c3ccccc32)c2ccccc12. The fourth-order valence-electron chi connectivity index (χ4n) is 11.7. The van der Waals surface area contributed by atoms with Crippen LogP contribution in [-0.2, 0) is 0 Å². The van der Waals surface area contributed by atoms with Crippen molar-refractivity contribution in [3.8, 4) is 22.5 Å². The Balaban J connectivity index is 1.04. The van der Waals surface area contributed by atoms with Gasteiger partial charge in [0, 0.05) is 63.6 Å². The molecular formula is C65H42N2S. The lowest BCUT2D eigenvalue weighted by atomic mass is 9.85. The first-order valence-electron chi connectivity index (χ1n) is 23.4. The van der Waals surface area contributed by atoms with E-state index in [2.05, 4.69) is 247 Å². The van der Waals surface area contributed by atoms with Gasteiger partial charge >= 0.3 is 0 Å². The average Bonchev–Trinajstić information content (AvgIpc) is 4.05. The molecular weight excluding hydrogens is 841 g/mol. The molecule has 0 saturated heterocycles. The second-order valence-corrected chi connectivity index (χ2v) is 18.9. The molecule has 0 aliphatic heterocycles. The van der Waals surface area contributed by atoms with Crippen molar-refractivity contribution in [2.45, 2.75) is 6.92 Å². The molecule has 0 aliphatic rings. The third-order valence-electron chi connectivity index (χ3n) is 14.4. The van der Waals surface area contributed by atoms with Crippen LogP contribution < -0.4 is 0 Å². The second-order valence-electron chi connectivity index (χ2n) is 17.8. The molecule has 0 N–H and O–H groups in total. The van der Waals surface area contributed by atoms with Crippen LogP contribution in [0.5, 0.6) is 0 Å². The van der Waals surface area contributed by atoms with Gasteiger partial charge in [-0.1, -0.05) is 195 Å². The van der Waals surface area contributed by atoms with Crippen molar-refractivity contribution in [1.29, 1.82) is 0 Å². The first kappa shape index (κ1) is 38.7. The minimum atomic E-state index is 1.17. The molecule has 3 aromatic heterocycles. The number of allylic oxidation sites excluding steroid dienone is 1. The van der Waals surface area contributed by atoms with Gasteiger partial charge in [0.2, 0.25) is 0 Å². The highest BCUT2D eigenvalue weighted by Crippen LogP contribution is 2.49. The molecule has 0 spiro atoms. The van der Waals surface area contributed by atoms with Gasteiger partial charge in [-0.3, -0.25) is 0 Å². The van der Waals surface area contributed by atoms with Crippen LogP contribution in [0.4, 0.5) is 0 Å². The minimum absolute atomic E-state index is 1.17. The Hall–Kier alpha value is -8.50. The fourth-order valence-corrected chi connectivity index (χ4v) is 12.8. The molecule has 318 valence electrons. The molecule has 3 heteroatoms. The lowest BCUT2D eigenvalue weighted by Crippen LogP contribution is -2.01. The Bertz CT molecular complexity index is 4250. The Kier molecular flexibility index (Phi) is 8.55. The number of hydrogen-bond donors (Lipinski definition) is 0. The Morgan fingerprint density at radius 3 is 1.13 bits per heavy atom. The van der Waals surface area contributed by atoms with Gasteiger partial charge in [0.1, 0.15) is 0 Å². The van der Waals surface area contributed by atoms with Crippen LogP contribution in [0.1, 0.15) is 22.9 Å². The zero-order valence-electron chi connectivity index (χ0n) is 37.4. The normalized spacial score (nSPS) is 12.3. The quantitative estimate of drug-likeness (QED) is 0.147. The molecule has 14 rings (SSSR count). The lowest BCUT2D eigenvalue weighted by molar-refractivity contribution is 1.21. The summed E-state index contributed by atoms with van der Waals surface area (Å²) in [5.41, 5.74) is 13.4. The monoisotopic (exact) mass is 882 g/mol. The largest absolute Gasteiger partial charge is 0.308 e. The number of aromatic nitrogens is 2.